The fourth-order valence-electron chi connectivity index (χ4n) is 1.72. The van der Waals surface area contributed by atoms with Crippen LogP contribution in [0, 0.1) is 6.92 Å². The highest BCUT2D eigenvalue weighted by atomic mass is 19.4. The molecule has 0 bridgehead atoms. The Morgan fingerprint density at radius 1 is 0.947 bits per heavy atom. The zero-order chi connectivity index (χ0) is 14.1. The van der Waals surface area contributed by atoms with Crippen molar-refractivity contribution in [1.82, 2.24) is 0 Å². The Morgan fingerprint density at radius 3 is 2.16 bits per heavy atom. The molecule has 1 aromatic carbocycles. The molecule has 0 spiro atoms. The van der Waals surface area contributed by atoms with Gasteiger partial charge < -0.3 is 4.74 Å². The van der Waals surface area contributed by atoms with Crippen molar-refractivity contribution >= 4 is 0 Å². The first-order chi connectivity index (χ1) is 9.04. The lowest BCUT2D eigenvalue weighted by atomic mass is 10.1. The highest BCUT2D eigenvalue weighted by Crippen LogP contribution is 2.29. The molecular weight excluding hydrogens is 253 g/mol. The lowest BCUT2D eigenvalue weighted by molar-refractivity contribution is -0.137. The Balaban J connectivity index is 2.20. The quantitative estimate of drug-likeness (QED) is 0.626. The summed E-state index contributed by atoms with van der Waals surface area (Å²) < 4.78 is 42.5. The predicted octanol–water partition coefficient (Wildman–Crippen LogP) is 4.66. The van der Waals surface area contributed by atoms with Crippen molar-refractivity contribution in [2.75, 3.05) is 13.2 Å². The highest BCUT2D eigenvalue weighted by molar-refractivity contribution is 5.24. The third kappa shape index (κ3) is 6.62. The molecule has 0 N–H and O–H groups in total. The van der Waals surface area contributed by atoms with E-state index in [4.69, 9.17) is 4.74 Å². The summed E-state index contributed by atoms with van der Waals surface area (Å²) in [4.78, 5) is 0. The zero-order valence-corrected chi connectivity index (χ0v) is 11.0. The summed E-state index contributed by atoms with van der Waals surface area (Å²) in [6.45, 7) is 5.14. The summed E-state index contributed by atoms with van der Waals surface area (Å²) in [5.74, 6) is 0. The van der Waals surface area contributed by atoms with Crippen LogP contribution >= 0.6 is 0 Å². The number of benzene rings is 1. The van der Waals surface area contributed by atoms with Crippen LogP contribution in [0.5, 0.6) is 0 Å². The van der Waals surface area contributed by atoms with Gasteiger partial charge in [-0.15, -0.1) is 0 Å². The second-order valence-electron chi connectivity index (χ2n) is 4.47. The number of ether oxygens (including phenoxy) is 1. The summed E-state index contributed by atoms with van der Waals surface area (Å²) in [7, 11) is 0. The summed E-state index contributed by atoms with van der Waals surface area (Å²) in [5, 5.41) is 0. The largest absolute Gasteiger partial charge is 0.416 e. The van der Waals surface area contributed by atoms with Gasteiger partial charge in [-0.1, -0.05) is 31.9 Å². The smallest absolute Gasteiger partial charge is 0.381 e. The molecule has 0 saturated heterocycles. The van der Waals surface area contributed by atoms with E-state index in [1.807, 2.05) is 0 Å². The Morgan fingerprint density at radius 2 is 1.58 bits per heavy atom. The van der Waals surface area contributed by atoms with Crippen LogP contribution in [0.15, 0.2) is 24.3 Å². The van der Waals surface area contributed by atoms with Crippen molar-refractivity contribution in [3.8, 4) is 0 Å². The van der Waals surface area contributed by atoms with Crippen molar-refractivity contribution in [1.29, 1.82) is 0 Å². The molecule has 0 aliphatic heterocycles. The lowest BCUT2D eigenvalue weighted by Gasteiger charge is -2.08. The monoisotopic (exact) mass is 273 g/mol. The number of halogens is 3. The first-order valence-corrected chi connectivity index (χ1v) is 6.57. The molecule has 1 nitrogen and oxygen atoms in total. The number of hydrogen-bond donors (Lipinski definition) is 0. The Hall–Kier alpha value is -1.03. The minimum absolute atomic E-state index is 0.597. The Bertz CT molecular complexity index is 343. The molecule has 0 heterocycles. The first kappa shape index (κ1) is 16.0. The van der Waals surface area contributed by atoms with Crippen molar-refractivity contribution in [3.63, 3.8) is 0 Å². The van der Waals surface area contributed by atoms with E-state index in [1.165, 1.54) is 12.1 Å². The number of alkyl halides is 3. The molecule has 19 heavy (non-hydrogen) atoms. The van der Waals surface area contributed by atoms with E-state index in [0.29, 0.717) is 6.61 Å². The molecule has 0 unspecified atom stereocenters. The van der Waals surface area contributed by atoms with Gasteiger partial charge in [0.1, 0.15) is 0 Å². The molecular formula is C15H20F3O. The zero-order valence-electron chi connectivity index (χ0n) is 11.0. The summed E-state index contributed by atoms with van der Waals surface area (Å²) >= 11 is 0. The minimum atomic E-state index is -4.25. The van der Waals surface area contributed by atoms with E-state index >= 15 is 0 Å². The van der Waals surface area contributed by atoms with Gasteiger partial charge in [-0.05, 0) is 37.0 Å². The summed E-state index contributed by atoms with van der Waals surface area (Å²) in [5.41, 5.74) is 0.315. The van der Waals surface area contributed by atoms with Crippen molar-refractivity contribution in [2.24, 2.45) is 0 Å². The maximum Gasteiger partial charge on any atom is 0.416 e. The van der Waals surface area contributed by atoms with Gasteiger partial charge >= 0.3 is 6.18 Å². The number of rotatable bonds is 8. The van der Waals surface area contributed by atoms with Crippen LogP contribution < -0.4 is 0 Å². The molecule has 0 saturated carbocycles. The normalized spacial score (nSPS) is 11.8. The van der Waals surface area contributed by atoms with Crippen LogP contribution in [-0.2, 0) is 17.3 Å². The van der Waals surface area contributed by atoms with E-state index in [-0.39, 0.29) is 0 Å². The topological polar surface area (TPSA) is 9.23 Å². The van der Waals surface area contributed by atoms with Crippen LogP contribution in [0.4, 0.5) is 13.2 Å². The first-order valence-electron chi connectivity index (χ1n) is 6.57. The standard InChI is InChI=1S/C15H20F3O/c1-2-3-4-11-19-12-5-6-13-7-9-14(10-8-13)15(16,17)18/h7-10H,1-6,11-12H2. The van der Waals surface area contributed by atoms with E-state index in [0.717, 1.165) is 56.4 Å². The Kier molecular flexibility index (Phi) is 6.92. The number of hydrogen-bond acceptors (Lipinski definition) is 1. The molecule has 0 atom stereocenters. The second-order valence-corrected chi connectivity index (χ2v) is 4.47. The average molecular weight is 273 g/mol. The molecule has 107 valence electrons. The van der Waals surface area contributed by atoms with Gasteiger partial charge in [-0.3, -0.25) is 0 Å². The molecule has 4 heteroatoms. The van der Waals surface area contributed by atoms with Gasteiger partial charge in [0.15, 0.2) is 0 Å². The van der Waals surface area contributed by atoms with Gasteiger partial charge in [-0.25, -0.2) is 0 Å². The van der Waals surface area contributed by atoms with Crippen LogP contribution in [0.2, 0.25) is 0 Å². The Labute approximate surface area is 112 Å². The number of unbranched alkanes of at least 4 members (excludes halogenated alkanes) is 2. The molecule has 1 aromatic rings. The van der Waals surface area contributed by atoms with Gasteiger partial charge in [-0.2, -0.15) is 13.2 Å². The van der Waals surface area contributed by atoms with E-state index in [9.17, 15) is 13.2 Å². The van der Waals surface area contributed by atoms with Crippen LogP contribution in [-0.4, -0.2) is 13.2 Å². The van der Waals surface area contributed by atoms with Crippen molar-refractivity contribution < 1.29 is 17.9 Å². The third-order valence-electron chi connectivity index (χ3n) is 2.82. The van der Waals surface area contributed by atoms with E-state index in [2.05, 4.69) is 6.92 Å². The van der Waals surface area contributed by atoms with E-state index in [1.54, 1.807) is 0 Å². The van der Waals surface area contributed by atoms with Gasteiger partial charge in [0.25, 0.3) is 0 Å². The maximum absolute atomic E-state index is 12.3. The van der Waals surface area contributed by atoms with E-state index < -0.39 is 11.7 Å². The van der Waals surface area contributed by atoms with Crippen LogP contribution in [0.3, 0.4) is 0 Å². The maximum atomic E-state index is 12.3. The highest BCUT2D eigenvalue weighted by Gasteiger charge is 2.29. The molecule has 0 aliphatic rings. The molecule has 0 fully saturated rings. The molecule has 0 aliphatic carbocycles. The van der Waals surface area contributed by atoms with Gasteiger partial charge in [0.2, 0.25) is 0 Å². The molecule has 1 rings (SSSR count). The number of aryl methyl sites for hydroxylation is 1. The second kappa shape index (κ2) is 8.20. The van der Waals surface area contributed by atoms with Gasteiger partial charge in [0.05, 0.1) is 5.56 Å². The fourth-order valence-corrected chi connectivity index (χ4v) is 1.72. The fraction of sp³-hybridized carbons (Fsp3) is 0.533. The van der Waals surface area contributed by atoms with Crippen LogP contribution in [0.25, 0.3) is 0 Å². The summed E-state index contributed by atoms with van der Waals surface area (Å²) in [6, 6.07) is 5.33. The van der Waals surface area contributed by atoms with Crippen LogP contribution in [0.1, 0.15) is 36.8 Å². The SMILES string of the molecule is [CH2]CCCCOCCCc1ccc(C(F)(F)F)cc1. The lowest BCUT2D eigenvalue weighted by Crippen LogP contribution is -2.04. The summed E-state index contributed by atoms with van der Waals surface area (Å²) in [6.07, 6.45) is 0.330. The van der Waals surface area contributed by atoms with Gasteiger partial charge in [0, 0.05) is 13.2 Å². The molecule has 1 radical (unpaired) electrons. The minimum Gasteiger partial charge on any atom is -0.381 e. The molecule has 0 aromatic heterocycles. The predicted molar refractivity (Wildman–Crippen MR) is 69.8 cm³/mol. The van der Waals surface area contributed by atoms with Crippen molar-refractivity contribution in [2.45, 2.75) is 38.3 Å². The third-order valence-corrected chi connectivity index (χ3v) is 2.82. The average Bonchev–Trinajstić information content (AvgIpc) is 2.37. The molecule has 0 amide bonds. The van der Waals surface area contributed by atoms with Crippen molar-refractivity contribution in [3.05, 3.63) is 42.3 Å².